The van der Waals surface area contributed by atoms with E-state index < -0.39 is 0 Å². The van der Waals surface area contributed by atoms with Gasteiger partial charge in [0.15, 0.2) is 5.82 Å². The fourth-order valence-corrected chi connectivity index (χ4v) is 2.14. The van der Waals surface area contributed by atoms with Gasteiger partial charge in [0, 0.05) is 6.61 Å². The molecule has 0 spiro atoms. The van der Waals surface area contributed by atoms with Crippen LogP contribution < -0.4 is 5.73 Å². The molecule has 0 fully saturated rings. The van der Waals surface area contributed by atoms with Crippen molar-refractivity contribution < 1.29 is 9.26 Å². The Morgan fingerprint density at radius 2 is 2.39 bits per heavy atom. The fraction of sp³-hybridized carbons (Fsp3) is 0.545. The highest BCUT2D eigenvalue weighted by molar-refractivity contribution is 7.13. The van der Waals surface area contributed by atoms with Gasteiger partial charge >= 0.3 is 0 Å². The Hall–Kier alpha value is -1.31. The number of hydrogen-bond donors (Lipinski definition) is 1. The van der Waals surface area contributed by atoms with E-state index in [-0.39, 0.29) is 6.04 Å². The van der Waals surface area contributed by atoms with Gasteiger partial charge in [0.2, 0.25) is 0 Å². The number of thiazole rings is 1. The van der Waals surface area contributed by atoms with Gasteiger partial charge in [-0.3, -0.25) is 0 Å². The van der Waals surface area contributed by atoms with Crippen LogP contribution in [-0.2, 0) is 4.74 Å². The van der Waals surface area contributed by atoms with E-state index in [0.717, 1.165) is 17.0 Å². The largest absolute Gasteiger partial charge is 0.379 e. The molecule has 1 atom stereocenters. The Balaban J connectivity index is 2.04. The van der Waals surface area contributed by atoms with Gasteiger partial charge in [-0.2, -0.15) is 4.98 Å². The lowest BCUT2D eigenvalue weighted by atomic mass is 10.3. The van der Waals surface area contributed by atoms with Crippen molar-refractivity contribution in [3.63, 3.8) is 0 Å². The standard InChI is InChI=1S/C11H16N4O2S/c1-3-4-16-5-8(12)10-14-11(17-15-10)9-7(2)13-6-18-9/h6,8H,3-5,12H2,1-2H3. The molecule has 0 aliphatic heterocycles. The first-order valence-corrected chi connectivity index (χ1v) is 6.67. The van der Waals surface area contributed by atoms with Crippen molar-refractivity contribution in [2.45, 2.75) is 26.3 Å². The number of hydrogen-bond acceptors (Lipinski definition) is 7. The van der Waals surface area contributed by atoms with Crippen LogP contribution in [0.4, 0.5) is 0 Å². The average Bonchev–Trinajstić information content (AvgIpc) is 2.97. The summed E-state index contributed by atoms with van der Waals surface area (Å²) < 4.78 is 10.6. The van der Waals surface area contributed by atoms with Gasteiger partial charge in [0.05, 0.1) is 23.9 Å². The number of rotatable bonds is 6. The van der Waals surface area contributed by atoms with Crippen LogP contribution in [0.25, 0.3) is 10.8 Å². The predicted molar refractivity (Wildman–Crippen MR) is 68.2 cm³/mol. The van der Waals surface area contributed by atoms with Crippen LogP contribution in [0.3, 0.4) is 0 Å². The summed E-state index contributed by atoms with van der Waals surface area (Å²) in [6.45, 7) is 5.03. The second kappa shape index (κ2) is 6.03. The third-order valence-corrected chi connectivity index (χ3v) is 3.28. The van der Waals surface area contributed by atoms with E-state index in [1.165, 1.54) is 11.3 Å². The molecule has 2 heterocycles. The molecule has 0 radical (unpaired) electrons. The van der Waals surface area contributed by atoms with Crippen LogP contribution in [0, 0.1) is 6.92 Å². The van der Waals surface area contributed by atoms with Crippen molar-refractivity contribution in [1.82, 2.24) is 15.1 Å². The van der Waals surface area contributed by atoms with Crippen molar-refractivity contribution in [1.29, 1.82) is 0 Å². The Morgan fingerprint density at radius 1 is 1.56 bits per heavy atom. The minimum absolute atomic E-state index is 0.359. The number of ether oxygens (including phenoxy) is 1. The Morgan fingerprint density at radius 3 is 3.06 bits per heavy atom. The molecule has 7 heteroatoms. The first kappa shape index (κ1) is 13.1. The molecule has 98 valence electrons. The molecule has 0 saturated carbocycles. The average molecular weight is 268 g/mol. The van der Waals surface area contributed by atoms with Crippen LogP contribution >= 0.6 is 11.3 Å². The van der Waals surface area contributed by atoms with Gasteiger partial charge in [-0.25, -0.2) is 4.98 Å². The van der Waals surface area contributed by atoms with E-state index >= 15 is 0 Å². The van der Waals surface area contributed by atoms with E-state index in [1.807, 2.05) is 13.8 Å². The quantitative estimate of drug-likeness (QED) is 0.805. The first-order valence-electron chi connectivity index (χ1n) is 5.79. The highest BCUT2D eigenvalue weighted by Gasteiger charge is 2.17. The van der Waals surface area contributed by atoms with Gasteiger partial charge in [-0.05, 0) is 13.3 Å². The molecule has 0 aromatic carbocycles. The molecule has 0 bridgehead atoms. The molecular formula is C11H16N4O2S. The van der Waals surface area contributed by atoms with Crippen molar-refractivity contribution >= 4 is 11.3 Å². The zero-order valence-corrected chi connectivity index (χ0v) is 11.2. The van der Waals surface area contributed by atoms with Gasteiger partial charge < -0.3 is 15.0 Å². The summed E-state index contributed by atoms with van der Waals surface area (Å²) in [6, 6.07) is -0.359. The summed E-state index contributed by atoms with van der Waals surface area (Å²) in [5, 5.41) is 3.88. The molecule has 2 aromatic heterocycles. The van der Waals surface area contributed by atoms with Gasteiger partial charge in [0.25, 0.3) is 5.89 Å². The molecule has 2 N–H and O–H groups in total. The Labute approximate surface area is 109 Å². The zero-order valence-electron chi connectivity index (χ0n) is 10.4. The lowest BCUT2D eigenvalue weighted by Crippen LogP contribution is -2.18. The van der Waals surface area contributed by atoms with E-state index in [0.29, 0.717) is 24.9 Å². The molecule has 2 aromatic rings. The highest BCUT2D eigenvalue weighted by Crippen LogP contribution is 2.25. The molecule has 18 heavy (non-hydrogen) atoms. The topological polar surface area (TPSA) is 87.1 Å². The van der Waals surface area contributed by atoms with E-state index in [4.69, 9.17) is 15.0 Å². The van der Waals surface area contributed by atoms with E-state index in [9.17, 15) is 0 Å². The summed E-state index contributed by atoms with van der Waals surface area (Å²) in [5.41, 5.74) is 8.55. The second-order valence-electron chi connectivity index (χ2n) is 3.91. The van der Waals surface area contributed by atoms with Crippen molar-refractivity contribution in [2.24, 2.45) is 5.73 Å². The Kier molecular flexibility index (Phi) is 4.40. The SMILES string of the molecule is CCCOCC(N)c1noc(-c2scnc2C)n1. The summed E-state index contributed by atoms with van der Waals surface area (Å²) in [7, 11) is 0. The molecule has 1 unspecified atom stereocenters. The maximum absolute atomic E-state index is 5.92. The van der Waals surface area contributed by atoms with Gasteiger partial charge in [-0.15, -0.1) is 11.3 Å². The van der Waals surface area contributed by atoms with Crippen molar-refractivity contribution in [3.8, 4) is 10.8 Å². The number of aryl methyl sites for hydroxylation is 1. The Bertz CT molecular complexity index is 497. The zero-order chi connectivity index (χ0) is 13.0. The normalized spacial score (nSPS) is 12.8. The molecule has 0 aliphatic rings. The van der Waals surface area contributed by atoms with Crippen molar-refractivity contribution in [2.75, 3.05) is 13.2 Å². The summed E-state index contributed by atoms with van der Waals surface area (Å²) in [4.78, 5) is 9.31. The lowest BCUT2D eigenvalue weighted by molar-refractivity contribution is 0.119. The molecule has 0 amide bonds. The first-order chi connectivity index (χ1) is 8.72. The number of aromatic nitrogens is 3. The monoisotopic (exact) mass is 268 g/mol. The van der Waals surface area contributed by atoms with Gasteiger partial charge in [0.1, 0.15) is 4.88 Å². The van der Waals surface area contributed by atoms with Crippen LogP contribution in [0.1, 0.15) is 30.9 Å². The summed E-state index contributed by atoms with van der Waals surface area (Å²) in [5.74, 6) is 0.935. The summed E-state index contributed by atoms with van der Waals surface area (Å²) >= 11 is 1.47. The lowest BCUT2D eigenvalue weighted by Gasteiger charge is -2.06. The van der Waals surface area contributed by atoms with E-state index in [2.05, 4.69) is 15.1 Å². The minimum atomic E-state index is -0.359. The van der Waals surface area contributed by atoms with Gasteiger partial charge in [-0.1, -0.05) is 12.1 Å². The predicted octanol–water partition coefficient (Wildman–Crippen LogP) is 1.93. The minimum Gasteiger partial charge on any atom is -0.379 e. The van der Waals surface area contributed by atoms with Crippen LogP contribution in [0.2, 0.25) is 0 Å². The highest BCUT2D eigenvalue weighted by atomic mass is 32.1. The van der Waals surface area contributed by atoms with Crippen LogP contribution in [0.5, 0.6) is 0 Å². The number of nitrogens with zero attached hydrogens (tertiary/aromatic N) is 3. The number of nitrogens with two attached hydrogens (primary N) is 1. The molecule has 6 nitrogen and oxygen atoms in total. The third-order valence-electron chi connectivity index (χ3n) is 2.36. The maximum Gasteiger partial charge on any atom is 0.269 e. The van der Waals surface area contributed by atoms with E-state index in [1.54, 1.807) is 5.51 Å². The third kappa shape index (κ3) is 2.92. The van der Waals surface area contributed by atoms with Crippen molar-refractivity contribution in [3.05, 3.63) is 17.0 Å². The fourth-order valence-electron chi connectivity index (χ4n) is 1.41. The van der Waals surface area contributed by atoms with Crippen LogP contribution in [0.15, 0.2) is 10.0 Å². The summed E-state index contributed by atoms with van der Waals surface area (Å²) in [6.07, 6.45) is 0.963. The molecule has 2 rings (SSSR count). The molecule has 0 saturated heterocycles. The maximum atomic E-state index is 5.92. The molecular weight excluding hydrogens is 252 g/mol. The molecule has 0 aliphatic carbocycles. The second-order valence-corrected chi connectivity index (χ2v) is 4.76. The van der Waals surface area contributed by atoms with Crippen LogP contribution in [-0.4, -0.2) is 28.3 Å². The smallest absolute Gasteiger partial charge is 0.269 e.